The molecule has 104 valence electrons. The van der Waals surface area contributed by atoms with Gasteiger partial charge in [0.15, 0.2) is 5.78 Å². The maximum atomic E-state index is 12.6. The molecule has 6 heteroatoms. The summed E-state index contributed by atoms with van der Waals surface area (Å²) in [5.74, 6) is -0.303. The second kappa shape index (κ2) is 6.25. The van der Waals surface area contributed by atoms with E-state index in [0.29, 0.717) is 5.56 Å². The van der Waals surface area contributed by atoms with Crippen molar-refractivity contribution in [1.82, 2.24) is 0 Å². The second-order valence-electron chi connectivity index (χ2n) is 4.19. The van der Waals surface area contributed by atoms with Crippen molar-refractivity contribution in [2.75, 3.05) is 0 Å². The molecule has 1 nitrogen and oxygen atoms in total. The minimum Gasteiger partial charge on any atom is -0.288 e. The van der Waals surface area contributed by atoms with E-state index in [1.165, 1.54) is 6.07 Å². The first-order valence-electron chi connectivity index (χ1n) is 5.46. The van der Waals surface area contributed by atoms with Gasteiger partial charge in [-0.2, -0.15) is 0 Å². The first-order chi connectivity index (χ1) is 9.31. The average molecular weight is 413 g/mol. The van der Waals surface area contributed by atoms with Gasteiger partial charge in [-0.3, -0.25) is 4.79 Å². The van der Waals surface area contributed by atoms with Crippen LogP contribution in [0.4, 0.5) is 0 Å². The highest BCUT2D eigenvalue weighted by Crippen LogP contribution is 2.38. The van der Waals surface area contributed by atoms with Gasteiger partial charge in [-0.15, -0.1) is 0 Å². The maximum Gasteiger partial charge on any atom is 0.196 e. The van der Waals surface area contributed by atoms with Crippen molar-refractivity contribution in [2.24, 2.45) is 0 Å². The number of carbonyl (C=O) groups is 1. The first kappa shape index (κ1) is 16.1. The Balaban J connectivity index is 2.62. The molecule has 0 N–H and O–H groups in total. The zero-order valence-corrected chi connectivity index (χ0v) is 14.7. The van der Waals surface area contributed by atoms with Crippen LogP contribution in [0.2, 0.25) is 20.1 Å². The molecule has 0 fully saturated rings. The fourth-order valence-electron chi connectivity index (χ4n) is 1.79. The smallest absolute Gasteiger partial charge is 0.196 e. The van der Waals surface area contributed by atoms with E-state index in [0.717, 1.165) is 10.0 Å². The Morgan fingerprint density at radius 3 is 2.20 bits per heavy atom. The molecule has 2 rings (SSSR count). The van der Waals surface area contributed by atoms with Crippen LogP contribution in [0, 0.1) is 6.92 Å². The van der Waals surface area contributed by atoms with Crippen molar-refractivity contribution in [2.45, 2.75) is 6.92 Å². The molecule has 2 aromatic carbocycles. The fraction of sp³-hybridized carbons (Fsp3) is 0.0714. The van der Waals surface area contributed by atoms with Gasteiger partial charge in [-0.05, 0) is 36.8 Å². The topological polar surface area (TPSA) is 17.1 Å². The number of ketones is 1. The quantitative estimate of drug-likeness (QED) is 0.308. The summed E-state index contributed by atoms with van der Waals surface area (Å²) in [6.07, 6.45) is 0. The number of halogens is 5. The third-order valence-corrected chi connectivity index (χ3v) is 4.66. The van der Waals surface area contributed by atoms with E-state index in [1.54, 1.807) is 12.1 Å². The number of rotatable bonds is 2. The number of hydrogen-bond donors (Lipinski definition) is 0. The van der Waals surface area contributed by atoms with Crippen LogP contribution in [0.15, 0.2) is 28.7 Å². The van der Waals surface area contributed by atoms with E-state index in [-0.39, 0.29) is 31.4 Å². The van der Waals surface area contributed by atoms with Crippen molar-refractivity contribution in [3.8, 4) is 0 Å². The lowest BCUT2D eigenvalue weighted by molar-refractivity contribution is 0.103. The zero-order valence-electron chi connectivity index (χ0n) is 10.1. The molecule has 0 saturated heterocycles. The normalized spacial score (nSPS) is 10.7. The number of aryl methyl sites for hydroxylation is 1. The molecule has 0 unspecified atom stereocenters. The largest absolute Gasteiger partial charge is 0.288 e. The molecular weight excluding hydrogens is 406 g/mol. The molecule has 2 aromatic rings. The molecule has 0 aliphatic rings. The second-order valence-corrected chi connectivity index (χ2v) is 6.68. The molecule has 0 aliphatic heterocycles. The Labute approximate surface area is 144 Å². The highest BCUT2D eigenvalue weighted by Gasteiger charge is 2.21. The third-order valence-electron chi connectivity index (χ3n) is 2.65. The van der Waals surface area contributed by atoms with Crippen molar-refractivity contribution < 1.29 is 4.79 Å². The van der Waals surface area contributed by atoms with Crippen LogP contribution in [-0.2, 0) is 0 Å². The highest BCUT2D eigenvalue weighted by atomic mass is 79.9. The van der Waals surface area contributed by atoms with Crippen LogP contribution in [0.1, 0.15) is 21.5 Å². The predicted octanol–water partition coefficient (Wildman–Crippen LogP) is 6.60. The molecular formula is C14H7BrCl4O. The number of carbonyl (C=O) groups excluding carboxylic acids is 1. The van der Waals surface area contributed by atoms with Crippen molar-refractivity contribution >= 4 is 68.1 Å². The molecule has 0 atom stereocenters. The van der Waals surface area contributed by atoms with Gasteiger partial charge in [0, 0.05) is 10.0 Å². The lowest BCUT2D eigenvalue weighted by Gasteiger charge is -2.10. The van der Waals surface area contributed by atoms with E-state index in [1.807, 2.05) is 13.0 Å². The summed E-state index contributed by atoms with van der Waals surface area (Å²) in [5.41, 5.74) is 1.56. The van der Waals surface area contributed by atoms with E-state index < -0.39 is 0 Å². The van der Waals surface area contributed by atoms with Gasteiger partial charge >= 0.3 is 0 Å². The molecule has 0 saturated carbocycles. The van der Waals surface area contributed by atoms with E-state index in [4.69, 9.17) is 46.4 Å². The SMILES string of the molecule is Cc1cc(Br)cc(C(=O)c2c(Cl)cc(Cl)c(Cl)c2Cl)c1. The Bertz CT molecular complexity index is 693. The van der Waals surface area contributed by atoms with Crippen molar-refractivity contribution in [1.29, 1.82) is 0 Å². The highest BCUT2D eigenvalue weighted by molar-refractivity contribution is 9.10. The predicted molar refractivity (Wildman–Crippen MR) is 88.8 cm³/mol. The van der Waals surface area contributed by atoms with Crippen molar-refractivity contribution in [3.05, 3.63) is 65.5 Å². The van der Waals surface area contributed by atoms with Crippen molar-refractivity contribution in [3.63, 3.8) is 0 Å². The Hall–Kier alpha value is -0.250. The van der Waals surface area contributed by atoms with Gasteiger partial charge in [-0.25, -0.2) is 0 Å². The number of benzene rings is 2. The van der Waals surface area contributed by atoms with Gasteiger partial charge in [0.1, 0.15) is 0 Å². The summed E-state index contributed by atoms with van der Waals surface area (Å²) >= 11 is 27.4. The summed E-state index contributed by atoms with van der Waals surface area (Å²) in [4.78, 5) is 12.6. The maximum absolute atomic E-state index is 12.6. The van der Waals surface area contributed by atoms with Crippen LogP contribution in [0.25, 0.3) is 0 Å². The third kappa shape index (κ3) is 3.15. The first-order valence-corrected chi connectivity index (χ1v) is 7.76. The van der Waals surface area contributed by atoms with Gasteiger partial charge in [0.05, 0.1) is 25.7 Å². The minimum atomic E-state index is -0.303. The molecule has 0 bridgehead atoms. The molecule has 20 heavy (non-hydrogen) atoms. The Morgan fingerprint density at radius 2 is 1.60 bits per heavy atom. The van der Waals surface area contributed by atoms with Gasteiger partial charge in [0.25, 0.3) is 0 Å². The molecule has 0 heterocycles. The standard InChI is InChI=1S/C14H7BrCl4O/c1-6-2-7(4-8(15)3-6)14(20)11-9(16)5-10(17)12(18)13(11)19/h2-5H,1H3. The van der Waals surface area contributed by atoms with Gasteiger partial charge in [-0.1, -0.05) is 62.3 Å². The lowest BCUT2D eigenvalue weighted by Crippen LogP contribution is -2.04. The van der Waals surface area contributed by atoms with Crippen LogP contribution in [0.3, 0.4) is 0 Å². The molecule has 0 spiro atoms. The van der Waals surface area contributed by atoms with E-state index in [9.17, 15) is 4.79 Å². The summed E-state index contributed by atoms with van der Waals surface area (Å²) < 4.78 is 0.799. The lowest BCUT2D eigenvalue weighted by atomic mass is 10.0. The molecule has 0 amide bonds. The summed E-state index contributed by atoms with van der Waals surface area (Å²) in [7, 11) is 0. The summed E-state index contributed by atoms with van der Waals surface area (Å²) in [6.45, 7) is 1.89. The Morgan fingerprint density at radius 1 is 0.950 bits per heavy atom. The Kier molecular flexibility index (Phi) is 5.04. The van der Waals surface area contributed by atoms with E-state index in [2.05, 4.69) is 15.9 Å². The van der Waals surface area contributed by atoms with Gasteiger partial charge in [0.2, 0.25) is 0 Å². The fourth-order valence-corrected chi connectivity index (χ4v) is 3.48. The summed E-state index contributed by atoms with van der Waals surface area (Å²) in [6, 6.07) is 6.76. The molecule has 0 radical (unpaired) electrons. The summed E-state index contributed by atoms with van der Waals surface area (Å²) in [5, 5.41) is 0.565. The van der Waals surface area contributed by atoms with Crippen LogP contribution < -0.4 is 0 Å². The van der Waals surface area contributed by atoms with Crippen LogP contribution in [-0.4, -0.2) is 5.78 Å². The average Bonchev–Trinajstić information content (AvgIpc) is 2.34. The van der Waals surface area contributed by atoms with Gasteiger partial charge < -0.3 is 0 Å². The minimum absolute atomic E-state index is 0.0618. The van der Waals surface area contributed by atoms with E-state index >= 15 is 0 Å². The van der Waals surface area contributed by atoms with Crippen LogP contribution in [0.5, 0.6) is 0 Å². The zero-order chi connectivity index (χ0) is 15.0. The molecule has 0 aliphatic carbocycles. The monoisotopic (exact) mass is 410 g/mol. The number of hydrogen-bond acceptors (Lipinski definition) is 1. The van der Waals surface area contributed by atoms with Crippen LogP contribution >= 0.6 is 62.3 Å². The molecule has 0 aromatic heterocycles.